The molecule has 1 aromatic heterocycles. The monoisotopic (exact) mass is 507 g/mol. The van der Waals surface area contributed by atoms with Gasteiger partial charge >= 0.3 is 0 Å². The van der Waals surface area contributed by atoms with Gasteiger partial charge in [0.1, 0.15) is 10.6 Å². The molecule has 0 atom stereocenters. The molecule has 158 valence electrons. The number of hydrogen-bond donors (Lipinski definition) is 0. The summed E-state index contributed by atoms with van der Waals surface area (Å²) in [6.45, 7) is 2.03. The lowest BCUT2D eigenvalue weighted by Crippen LogP contribution is -2.48. The normalized spacial score (nSPS) is 15.3. The molecular weight excluding hydrogens is 486 g/mol. The maximum absolute atomic E-state index is 13.2. The number of aromatic nitrogens is 1. The SMILES string of the molecule is COc1ccc(Br)cc1S(=O)(=O)N1CCN(c2nc(Cc3ccccc3)cs2)CC1. The number of sulfonamides is 1. The molecule has 0 bridgehead atoms. The quantitative estimate of drug-likeness (QED) is 0.504. The Morgan fingerprint density at radius 1 is 1.10 bits per heavy atom. The van der Waals surface area contributed by atoms with E-state index in [0.29, 0.717) is 36.4 Å². The van der Waals surface area contributed by atoms with E-state index in [1.165, 1.54) is 17.0 Å². The smallest absolute Gasteiger partial charge is 0.246 e. The van der Waals surface area contributed by atoms with Crippen LogP contribution in [0.15, 0.2) is 63.3 Å². The van der Waals surface area contributed by atoms with Crippen LogP contribution in [-0.4, -0.2) is 51.0 Å². The third-order valence-corrected chi connectivity index (χ3v) is 8.38. The van der Waals surface area contributed by atoms with Crippen molar-refractivity contribution < 1.29 is 13.2 Å². The molecule has 30 heavy (non-hydrogen) atoms. The first-order valence-electron chi connectivity index (χ1n) is 9.54. The second-order valence-corrected chi connectivity index (χ2v) is 10.6. The molecule has 3 aromatic rings. The van der Waals surface area contributed by atoms with Gasteiger partial charge < -0.3 is 9.64 Å². The minimum atomic E-state index is -3.63. The number of anilines is 1. The van der Waals surface area contributed by atoms with E-state index in [0.717, 1.165) is 17.2 Å². The molecule has 0 aliphatic carbocycles. The van der Waals surface area contributed by atoms with E-state index < -0.39 is 10.0 Å². The Bertz CT molecular complexity index is 1110. The molecule has 9 heteroatoms. The fourth-order valence-electron chi connectivity index (χ4n) is 3.44. The fourth-order valence-corrected chi connectivity index (χ4v) is 6.43. The van der Waals surface area contributed by atoms with E-state index >= 15 is 0 Å². The standard InChI is InChI=1S/C21H22BrN3O3S2/c1-28-19-8-7-17(22)14-20(19)30(26,27)25-11-9-24(10-12-25)21-23-18(15-29-21)13-16-5-3-2-4-6-16/h2-8,14-15H,9-13H2,1H3. The van der Waals surface area contributed by atoms with Gasteiger partial charge in [0, 0.05) is 42.5 Å². The number of thiazole rings is 1. The molecule has 0 unspecified atom stereocenters. The Labute approximate surface area is 189 Å². The van der Waals surface area contributed by atoms with Crippen LogP contribution < -0.4 is 9.64 Å². The molecule has 1 saturated heterocycles. The van der Waals surface area contributed by atoms with Gasteiger partial charge in [0.15, 0.2) is 5.13 Å². The number of rotatable bonds is 6. The van der Waals surface area contributed by atoms with Crippen LogP contribution in [0.2, 0.25) is 0 Å². The van der Waals surface area contributed by atoms with Crippen LogP contribution in [0.1, 0.15) is 11.3 Å². The molecular formula is C21H22BrN3O3S2. The lowest BCUT2D eigenvalue weighted by Gasteiger charge is -2.34. The molecule has 1 fully saturated rings. The second kappa shape index (κ2) is 9.05. The summed E-state index contributed by atoms with van der Waals surface area (Å²) in [6, 6.07) is 15.3. The topological polar surface area (TPSA) is 62.7 Å². The Kier molecular flexibility index (Phi) is 6.43. The second-order valence-electron chi connectivity index (χ2n) is 6.97. The summed E-state index contributed by atoms with van der Waals surface area (Å²) in [5, 5.41) is 3.02. The molecule has 2 heterocycles. The minimum Gasteiger partial charge on any atom is -0.495 e. The first-order valence-corrected chi connectivity index (χ1v) is 12.7. The van der Waals surface area contributed by atoms with Crippen LogP contribution in [-0.2, 0) is 16.4 Å². The third-order valence-electron chi connectivity index (χ3n) is 5.02. The maximum atomic E-state index is 13.2. The highest BCUT2D eigenvalue weighted by Crippen LogP contribution is 2.31. The Balaban J connectivity index is 1.43. The van der Waals surface area contributed by atoms with E-state index in [1.54, 1.807) is 29.5 Å². The minimum absolute atomic E-state index is 0.187. The van der Waals surface area contributed by atoms with Crippen molar-refractivity contribution >= 4 is 42.4 Å². The molecule has 0 N–H and O–H groups in total. The van der Waals surface area contributed by atoms with Gasteiger partial charge in [-0.15, -0.1) is 11.3 Å². The van der Waals surface area contributed by atoms with Crippen molar-refractivity contribution in [3.05, 3.63) is 69.6 Å². The van der Waals surface area contributed by atoms with Crippen LogP contribution in [0.4, 0.5) is 5.13 Å². The number of ether oxygens (including phenoxy) is 1. The predicted molar refractivity (Wildman–Crippen MR) is 123 cm³/mol. The highest BCUT2D eigenvalue weighted by molar-refractivity contribution is 9.10. The summed E-state index contributed by atoms with van der Waals surface area (Å²) in [5.41, 5.74) is 2.27. The molecule has 0 spiro atoms. The first kappa shape index (κ1) is 21.3. The van der Waals surface area contributed by atoms with Crippen LogP contribution in [0.25, 0.3) is 0 Å². The molecule has 0 radical (unpaired) electrons. The van der Waals surface area contributed by atoms with Crippen molar-refractivity contribution in [1.82, 2.24) is 9.29 Å². The number of benzene rings is 2. The van der Waals surface area contributed by atoms with E-state index in [1.807, 2.05) is 18.2 Å². The van der Waals surface area contributed by atoms with E-state index in [9.17, 15) is 8.42 Å². The highest BCUT2D eigenvalue weighted by Gasteiger charge is 2.31. The Morgan fingerprint density at radius 2 is 1.83 bits per heavy atom. The van der Waals surface area contributed by atoms with Crippen LogP contribution in [0.3, 0.4) is 0 Å². The molecule has 2 aromatic carbocycles. The van der Waals surface area contributed by atoms with Crippen LogP contribution in [0.5, 0.6) is 5.75 Å². The average molecular weight is 508 g/mol. The molecule has 0 saturated carbocycles. The van der Waals surface area contributed by atoms with Gasteiger partial charge in [-0.1, -0.05) is 46.3 Å². The van der Waals surface area contributed by atoms with E-state index in [2.05, 4.69) is 38.3 Å². The summed E-state index contributed by atoms with van der Waals surface area (Å²) in [6.07, 6.45) is 0.800. The van der Waals surface area contributed by atoms with Gasteiger partial charge in [0.05, 0.1) is 12.8 Å². The number of hydrogen-bond acceptors (Lipinski definition) is 6. The van der Waals surface area contributed by atoms with E-state index in [4.69, 9.17) is 9.72 Å². The summed E-state index contributed by atoms with van der Waals surface area (Å²) in [5.74, 6) is 0.353. The molecule has 0 amide bonds. The van der Waals surface area contributed by atoms with Gasteiger partial charge in [-0.3, -0.25) is 0 Å². The number of nitrogens with zero attached hydrogens (tertiary/aromatic N) is 3. The van der Waals surface area contributed by atoms with E-state index in [-0.39, 0.29) is 4.90 Å². The summed E-state index contributed by atoms with van der Waals surface area (Å²) in [7, 11) is -2.15. The van der Waals surface area contributed by atoms with Gasteiger partial charge in [0.25, 0.3) is 0 Å². The maximum Gasteiger partial charge on any atom is 0.246 e. The molecule has 1 aliphatic heterocycles. The predicted octanol–water partition coefficient (Wildman–Crippen LogP) is 4.02. The molecule has 4 rings (SSSR count). The third kappa shape index (κ3) is 4.54. The highest BCUT2D eigenvalue weighted by atomic mass is 79.9. The number of piperazine rings is 1. The first-order chi connectivity index (χ1) is 14.5. The lowest BCUT2D eigenvalue weighted by molar-refractivity contribution is 0.374. The van der Waals surface area contributed by atoms with Gasteiger partial charge in [-0.05, 0) is 23.8 Å². The number of halogens is 1. The van der Waals surface area contributed by atoms with Crippen molar-refractivity contribution in [2.24, 2.45) is 0 Å². The Morgan fingerprint density at radius 3 is 2.53 bits per heavy atom. The summed E-state index contributed by atoms with van der Waals surface area (Å²) >= 11 is 4.96. The van der Waals surface area contributed by atoms with Gasteiger partial charge in [-0.25, -0.2) is 13.4 Å². The van der Waals surface area contributed by atoms with Crippen LogP contribution in [0, 0.1) is 0 Å². The van der Waals surface area contributed by atoms with Crippen molar-refractivity contribution in [2.75, 3.05) is 38.2 Å². The zero-order valence-corrected chi connectivity index (χ0v) is 19.7. The van der Waals surface area contributed by atoms with Crippen molar-refractivity contribution in [1.29, 1.82) is 0 Å². The summed E-state index contributed by atoms with van der Waals surface area (Å²) < 4.78 is 33.8. The summed E-state index contributed by atoms with van der Waals surface area (Å²) in [4.78, 5) is 7.11. The molecule has 1 aliphatic rings. The van der Waals surface area contributed by atoms with Crippen molar-refractivity contribution in [3.63, 3.8) is 0 Å². The zero-order valence-electron chi connectivity index (χ0n) is 16.5. The van der Waals surface area contributed by atoms with Gasteiger partial charge in [0.2, 0.25) is 10.0 Å². The van der Waals surface area contributed by atoms with Crippen LogP contribution >= 0.6 is 27.3 Å². The zero-order chi connectivity index (χ0) is 21.1. The Hall–Kier alpha value is -1.94. The van der Waals surface area contributed by atoms with Crippen molar-refractivity contribution in [2.45, 2.75) is 11.3 Å². The van der Waals surface area contributed by atoms with Gasteiger partial charge in [-0.2, -0.15) is 4.31 Å². The van der Waals surface area contributed by atoms with Crippen molar-refractivity contribution in [3.8, 4) is 5.75 Å². The average Bonchev–Trinajstić information content (AvgIpc) is 3.23. The fraction of sp³-hybridized carbons (Fsp3) is 0.286. The molecule has 6 nitrogen and oxygen atoms in total. The largest absolute Gasteiger partial charge is 0.495 e. The lowest BCUT2D eigenvalue weighted by atomic mass is 10.1. The number of methoxy groups -OCH3 is 1.